The van der Waals surface area contributed by atoms with Gasteiger partial charge in [0.25, 0.3) is 0 Å². The minimum atomic E-state index is -3.04. The number of hydrogen-bond acceptors (Lipinski definition) is 4. The van der Waals surface area contributed by atoms with Gasteiger partial charge in [-0.2, -0.15) is 0 Å². The summed E-state index contributed by atoms with van der Waals surface area (Å²) in [5.74, 6) is -0.0537. The third-order valence-corrected chi connectivity index (χ3v) is 7.54. The van der Waals surface area contributed by atoms with Crippen molar-refractivity contribution in [3.8, 4) is 0 Å². The molecule has 3 rings (SSSR count). The smallest absolute Gasteiger partial charge is 0.237 e. The van der Waals surface area contributed by atoms with E-state index in [1.807, 2.05) is 11.8 Å². The van der Waals surface area contributed by atoms with E-state index in [2.05, 4.69) is 5.32 Å². The van der Waals surface area contributed by atoms with Crippen LogP contribution >= 0.6 is 0 Å². The fraction of sp³-hybridized carbons (Fsp3) is 0.650. The average molecular weight is 397 g/mol. The summed E-state index contributed by atoms with van der Waals surface area (Å²) < 4.78 is 37.0. The zero-order valence-corrected chi connectivity index (χ0v) is 16.7. The number of amides is 1. The Kier molecular flexibility index (Phi) is 6.52. The molecule has 1 aromatic carbocycles. The van der Waals surface area contributed by atoms with Crippen LogP contribution in [0.4, 0.5) is 4.39 Å². The van der Waals surface area contributed by atoms with Gasteiger partial charge in [0.1, 0.15) is 5.82 Å². The number of sulfone groups is 1. The molecule has 1 amide bonds. The molecule has 0 unspecified atom stereocenters. The predicted molar refractivity (Wildman–Crippen MR) is 104 cm³/mol. The van der Waals surface area contributed by atoms with Crippen molar-refractivity contribution in [1.29, 1.82) is 0 Å². The highest BCUT2D eigenvalue weighted by Gasteiger charge is 2.38. The molecule has 0 bridgehead atoms. The first kappa shape index (κ1) is 20.3. The van der Waals surface area contributed by atoms with Crippen LogP contribution in [-0.4, -0.2) is 49.4 Å². The molecule has 5 nitrogen and oxygen atoms in total. The quantitative estimate of drug-likeness (QED) is 0.803. The maximum absolute atomic E-state index is 13.1. The first-order chi connectivity index (χ1) is 12.9. The number of nitrogens with zero attached hydrogens (tertiary/aromatic N) is 1. The second-order valence-corrected chi connectivity index (χ2v) is 10.0. The number of hydrogen-bond donors (Lipinski definition) is 1. The first-order valence-electron chi connectivity index (χ1n) is 9.86. The normalized spacial score (nSPS) is 23.9. The second kappa shape index (κ2) is 8.69. The van der Waals surface area contributed by atoms with Crippen LogP contribution in [0.15, 0.2) is 24.3 Å². The number of carbonyl (C=O) groups excluding carboxylic acids is 1. The molecule has 1 aromatic rings. The Morgan fingerprint density at radius 2 is 1.81 bits per heavy atom. The Labute approximate surface area is 161 Å². The van der Waals surface area contributed by atoms with Crippen LogP contribution in [0, 0.1) is 5.82 Å². The highest BCUT2D eigenvalue weighted by Crippen LogP contribution is 2.28. The van der Waals surface area contributed by atoms with Gasteiger partial charge in [0, 0.05) is 18.1 Å². The van der Waals surface area contributed by atoms with Crippen molar-refractivity contribution in [3.63, 3.8) is 0 Å². The molecule has 2 aliphatic rings. The van der Waals surface area contributed by atoms with Crippen LogP contribution in [0.25, 0.3) is 0 Å². The van der Waals surface area contributed by atoms with E-state index in [1.165, 1.54) is 18.6 Å². The van der Waals surface area contributed by atoms with Crippen LogP contribution in [0.2, 0.25) is 0 Å². The molecule has 1 saturated carbocycles. The van der Waals surface area contributed by atoms with E-state index in [-0.39, 0.29) is 47.9 Å². The third-order valence-electron chi connectivity index (χ3n) is 5.79. The summed E-state index contributed by atoms with van der Waals surface area (Å²) in [5.41, 5.74) is 0.914. The molecule has 1 saturated heterocycles. The maximum Gasteiger partial charge on any atom is 0.237 e. The van der Waals surface area contributed by atoms with Crippen molar-refractivity contribution in [2.75, 3.05) is 18.1 Å². The summed E-state index contributed by atoms with van der Waals surface area (Å²) in [6, 6.07) is 6.09. The highest BCUT2D eigenvalue weighted by atomic mass is 32.2. The Morgan fingerprint density at radius 1 is 1.15 bits per heavy atom. The van der Waals surface area contributed by atoms with Gasteiger partial charge >= 0.3 is 0 Å². The average Bonchev–Trinajstić information content (AvgIpc) is 3.00. The second-order valence-electron chi connectivity index (χ2n) is 7.80. The van der Waals surface area contributed by atoms with Gasteiger partial charge in [0.2, 0.25) is 5.91 Å². The largest absolute Gasteiger partial charge is 0.335 e. The molecule has 7 heteroatoms. The van der Waals surface area contributed by atoms with Crippen molar-refractivity contribution >= 4 is 15.7 Å². The van der Waals surface area contributed by atoms with Crippen molar-refractivity contribution in [2.24, 2.45) is 0 Å². The molecule has 0 radical (unpaired) electrons. The topological polar surface area (TPSA) is 66.5 Å². The van der Waals surface area contributed by atoms with Crippen LogP contribution in [0.5, 0.6) is 0 Å². The highest BCUT2D eigenvalue weighted by molar-refractivity contribution is 7.91. The molecule has 27 heavy (non-hydrogen) atoms. The molecule has 0 spiro atoms. The van der Waals surface area contributed by atoms with E-state index in [0.717, 1.165) is 31.2 Å². The Balaban J connectivity index is 1.66. The van der Waals surface area contributed by atoms with Crippen molar-refractivity contribution in [3.05, 3.63) is 35.6 Å². The third kappa shape index (κ3) is 5.29. The molecule has 1 aliphatic carbocycles. The molecular weight excluding hydrogens is 367 g/mol. The minimum absolute atomic E-state index is 0.0297. The molecule has 0 aromatic heterocycles. The monoisotopic (exact) mass is 396 g/mol. The molecule has 150 valence electrons. The van der Waals surface area contributed by atoms with E-state index < -0.39 is 9.84 Å². The first-order valence-corrected chi connectivity index (χ1v) is 11.7. The van der Waals surface area contributed by atoms with E-state index in [0.29, 0.717) is 6.42 Å². The zero-order chi connectivity index (χ0) is 19.4. The lowest BCUT2D eigenvalue weighted by atomic mass is 9.93. The van der Waals surface area contributed by atoms with Crippen LogP contribution in [0.3, 0.4) is 0 Å². The van der Waals surface area contributed by atoms with Gasteiger partial charge in [-0.05, 0) is 43.9 Å². The van der Waals surface area contributed by atoms with Gasteiger partial charge in [-0.15, -0.1) is 0 Å². The molecule has 1 N–H and O–H groups in total. The fourth-order valence-corrected chi connectivity index (χ4v) is 5.97. The Bertz CT molecular complexity index is 745. The lowest BCUT2D eigenvalue weighted by Gasteiger charge is -2.38. The SMILES string of the molecule is C[C@@H](NCC(=O)N(C1CCCCC1)[C@H]1CCS(=O)(=O)C1)c1ccc(F)cc1. The van der Waals surface area contributed by atoms with Gasteiger partial charge in [-0.1, -0.05) is 31.4 Å². The summed E-state index contributed by atoms with van der Waals surface area (Å²) in [6.45, 7) is 2.09. The number of rotatable bonds is 6. The Morgan fingerprint density at radius 3 is 2.41 bits per heavy atom. The van der Waals surface area contributed by atoms with Gasteiger partial charge in [0.15, 0.2) is 9.84 Å². The molecule has 2 fully saturated rings. The van der Waals surface area contributed by atoms with Crippen LogP contribution < -0.4 is 5.32 Å². The number of halogens is 1. The number of carbonyl (C=O) groups is 1. The number of nitrogens with one attached hydrogen (secondary N) is 1. The summed E-state index contributed by atoms with van der Waals surface area (Å²) in [5, 5.41) is 3.22. The summed E-state index contributed by atoms with van der Waals surface area (Å²) in [6.07, 6.45) is 5.81. The molecule has 2 atom stereocenters. The van der Waals surface area contributed by atoms with Crippen molar-refractivity contribution in [1.82, 2.24) is 10.2 Å². The Hall–Kier alpha value is -1.47. The fourth-order valence-electron chi connectivity index (χ4n) is 4.26. The summed E-state index contributed by atoms with van der Waals surface area (Å²) in [4.78, 5) is 14.9. The van der Waals surface area contributed by atoms with E-state index >= 15 is 0 Å². The van der Waals surface area contributed by atoms with Gasteiger partial charge < -0.3 is 10.2 Å². The maximum atomic E-state index is 13.1. The lowest BCUT2D eigenvalue weighted by molar-refractivity contribution is -0.135. The van der Waals surface area contributed by atoms with Crippen molar-refractivity contribution in [2.45, 2.75) is 63.6 Å². The summed E-state index contributed by atoms with van der Waals surface area (Å²) in [7, 11) is -3.04. The minimum Gasteiger partial charge on any atom is -0.335 e. The number of benzene rings is 1. The molecule has 1 aliphatic heterocycles. The van der Waals surface area contributed by atoms with Crippen LogP contribution in [0.1, 0.15) is 57.1 Å². The predicted octanol–water partition coefficient (Wildman–Crippen LogP) is 2.82. The standard InChI is InChI=1S/C20H29FN2O3S/c1-15(16-7-9-17(21)10-8-16)22-13-20(24)23(18-5-3-2-4-6-18)19-11-12-27(25,26)14-19/h7-10,15,18-19,22H,2-6,11-14H2,1H3/t15-,19+/m1/s1. The van der Waals surface area contributed by atoms with Gasteiger partial charge in [0.05, 0.1) is 18.1 Å². The lowest BCUT2D eigenvalue weighted by Crippen LogP contribution is -2.51. The van der Waals surface area contributed by atoms with Crippen LogP contribution in [-0.2, 0) is 14.6 Å². The van der Waals surface area contributed by atoms with E-state index in [1.54, 1.807) is 12.1 Å². The molecule has 1 heterocycles. The summed E-state index contributed by atoms with van der Waals surface area (Å²) >= 11 is 0. The zero-order valence-electron chi connectivity index (χ0n) is 15.9. The van der Waals surface area contributed by atoms with Gasteiger partial charge in [-0.3, -0.25) is 4.79 Å². The van der Waals surface area contributed by atoms with E-state index in [4.69, 9.17) is 0 Å². The van der Waals surface area contributed by atoms with Gasteiger partial charge in [-0.25, -0.2) is 12.8 Å². The van der Waals surface area contributed by atoms with E-state index in [9.17, 15) is 17.6 Å². The molecular formula is C20H29FN2O3S. The van der Waals surface area contributed by atoms with Crippen molar-refractivity contribution < 1.29 is 17.6 Å².